The zero-order valence-corrected chi connectivity index (χ0v) is 7.54. The van der Waals surface area contributed by atoms with E-state index in [2.05, 4.69) is 0 Å². The summed E-state index contributed by atoms with van der Waals surface area (Å²) in [7, 11) is 1.54. The van der Waals surface area contributed by atoms with Crippen LogP contribution in [0.4, 0.5) is 0 Å². The Morgan fingerprint density at radius 3 is 2.45 bits per heavy atom. The molecule has 0 spiro atoms. The van der Waals surface area contributed by atoms with Gasteiger partial charge in [0.25, 0.3) is 0 Å². The van der Waals surface area contributed by atoms with E-state index in [-0.39, 0.29) is 0 Å². The average Bonchev–Trinajstić information content (AvgIpc) is 2.09. The van der Waals surface area contributed by atoms with Crippen molar-refractivity contribution in [3.8, 4) is 0 Å². The van der Waals surface area contributed by atoms with E-state index in [1.54, 1.807) is 7.11 Å². The van der Waals surface area contributed by atoms with E-state index in [9.17, 15) is 0 Å². The molecule has 0 unspecified atom stereocenters. The van der Waals surface area contributed by atoms with E-state index in [4.69, 9.17) is 14.6 Å². The van der Waals surface area contributed by atoms with Crippen LogP contribution in [0.1, 0.15) is 26.7 Å². The van der Waals surface area contributed by atoms with E-state index in [1.807, 2.05) is 13.8 Å². The first-order valence-electron chi connectivity index (χ1n) is 4.17. The molecule has 11 heavy (non-hydrogen) atoms. The van der Waals surface area contributed by atoms with Crippen LogP contribution in [0.5, 0.6) is 0 Å². The van der Waals surface area contributed by atoms with Gasteiger partial charge in [0.1, 0.15) is 6.10 Å². The van der Waals surface area contributed by atoms with Crippen molar-refractivity contribution in [2.45, 2.75) is 39.1 Å². The predicted octanol–water partition coefficient (Wildman–Crippen LogP) is 1.16. The number of aliphatic hydroxyl groups is 1. The third-order valence-electron chi connectivity index (χ3n) is 1.47. The first kappa shape index (κ1) is 10.9. The monoisotopic (exact) mass is 162 g/mol. The summed E-state index contributed by atoms with van der Waals surface area (Å²) < 4.78 is 9.90. The number of methoxy groups -OCH3 is 1. The number of hydrogen-bond acceptors (Lipinski definition) is 3. The summed E-state index contributed by atoms with van der Waals surface area (Å²) >= 11 is 0. The lowest BCUT2D eigenvalue weighted by Crippen LogP contribution is -2.35. The van der Waals surface area contributed by atoms with Crippen LogP contribution in [-0.4, -0.2) is 31.2 Å². The Balaban J connectivity index is 0.000000461. The molecular formula is C8H18O3. The summed E-state index contributed by atoms with van der Waals surface area (Å²) in [6.45, 7) is 4.70. The maximum absolute atomic E-state index is 9.12. The summed E-state index contributed by atoms with van der Waals surface area (Å²) in [5, 5.41) is 9.12. The fourth-order valence-corrected chi connectivity index (χ4v) is 0.964. The second-order valence-electron chi connectivity index (χ2n) is 2.18. The molecule has 1 heterocycles. The van der Waals surface area contributed by atoms with E-state index in [0.29, 0.717) is 6.61 Å². The molecule has 0 aromatic carbocycles. The van der Waals surface area contributed by atoms with Crippen LogP contribution in [0.15, 0.2) is 0 Å². The minimum Gasteiger partial charge on any atom is -0.388 e. The minimum atomic E-state index is -0.427. The molecule has 1 aliphatic heterocycles. The SMILES string of the molecule is CC.CO[C@@H]1OCCC[C@@H]1O. The Morgan fingerprint density at radius 1 is 1.45 bits per heavy atom. The van der Waals surface area contributed by atoms with Gasteiger partial charge in [0.2, 0.25) is 0 Å². The van der Waals surface area contributed by atoms with E-state index in [1.165, 1.54) is 0 Å². The Kier molecular flexibility index (Phi) is 6.51. The van der Waals surface area contributed by atoms with Crippen LogP contribution < -0.4 is 0 Å². The average molecular weight is 162 g/mol. The van der Waals surface area contributed by atoms with Gasteiger partial charge in [0.15, 0.2) is 6.29 Å². The van der Waals surface area contributed by atoms with Gasteiger partial charge >= 0.3 is 0 Å². The van der Waals surface area contributed by atoms with E-state index >= 15 is 0 Å². The van der Waals surface area contributed by atoms with Crippen LogP contribution in [0.2, 0.25) is 0 Å². The zero-order valence-electron chi connectivity index (χ0n) is 7.54. The highest BCUT2D eigenvalue weighted by Crippen LogP contribution is 2.13. The van der Waals surface area contributed by atoms with Crippen molar-refractivity contribution in [2.24, 2.45) is 0 Å². The standard InChI is InChI=1S/C6H12O3.C2H6/c1-8-6-5(7)3-2-4-9-6;1-2/h5-7H,2-4H2,1H3;1-2H3/t5-,6+;/m0./s1. The second-order valence-corrected chi connectivity index (χ2v) is 2.18. The van der Waals surface area contributed by atoms with Gasteiger partial charge < -0.3 is 14.6 Å². The van der Waals surface area contributed by atoms with Crippen LogP contribution >= 0.6 is 0 Å². The lowest BCUT2D eigenvalue weighted by Gasteiger charge is -2.26. The molecule has 0 aromatic heterocycles. The molecule has 0 aliphatic carbocycles. The molecule has 0 bridgehead atoms. The molecule has 1 aliphatic rings. The lowest BCUT2D eigenvalue weighted by molar-refractivity contribution is -0.201. The molecule has 1 rings (SSSR count). The van der Waals surface area contributed by atoms with Gasteiger partial charge in [-0.3, -0.25) is 0 Å². The van der Waals surface area contributed by atoms with Gasteiger partial charge in [-0.25, -0.2) is 0 Å². The molecule has 3 nitrogen and oxygen atoms in total. The number of hydrogen-bond donors (Lipinski definition) is 1. The second kappa shape index (κ2) is 6.58. The largest absolute Gasteiger partial charge is 0.388 e. The van der Waals surface area contributed by atoms with Crippen LogP contribution in [0.3, 0.4) is 0 Å². The molecule has 1 N–H and O–H groups in total. The maximum atomic E-state index is 9.12. The molecule has 2 atom stereocenters. The smallest absolute Gasteiger partial charge is 0.183 e. The predicted molar refractivity (Wildman–Crippen MR) is 43.3 cm³/mol. The summed E-state index contributed by atoms with van der Waals surface area (Å²) in [5.74, 6) is 0. The van der Waals surface area contributed by atoms with Crippen LogP contribution in [0, 0.1) is 0 Å². The van der Waals surface area contributed by atoms with Crippen molar-refractivity contribution in [1.82, 2.24) is 0 Å². The van der Waals surface area contributed by atoms with Gasteiger partial charge in [-0.15, -0.1) is 0 Å². The topological polar surface area (TPSA) is 38.7 Å². The fourth-order valence-electron chi connectivity index (χ4n) is 0.964. The first-order chi connectivity index (χ1) is 5.34. The number of ether oxygens (including phenoxy) is 2. The van der Waals surface area contributed by atoms with Crippen molar-refractivity contribution in [3.63, 3.8) is 0 Å². The van der Waals surface area contributed by atoms with E-state index in [0.717, 1.165) is 12.8 Å². The molecule has 1 fully saturated rings. The highest BCUT2D eigenvalue weighted by molar-refractivity contribution is 4.64. The van der Waals surface area contributed by atoms with Crippen molar-refractivity contribution in [2.75, 3.05) is 13.7 Å². The van der Waals surface area contributed by atoms with Crippen molar-refractivity contribution >= 4 is 0 Å². The third kappa shape index (κ3) is 3.70. The summed E-state index contributed by atoms with van der Waals surface area (Å²) in [6, 6.07) is 0. The fraction of sp³-hybridized carbons (Fsp3) is 1.00. The maximum Gasteiger partial charge on any atom is 0.183 e. The minimum absolute atomic E-state index is 0.390. The molecular weight excluding hydrogens is 144 g/mol. The van der Waals surface area contributed by atoms with Crippen molar-refractivity contribution in [3.05, 3.63) is 0 Å². The van der Waals surface area contributed by atoms with Crippen molar-refractivity contribution in [1.29, 1.82) is 0 Å². The summed E-state index contributed by atoms with van der Waals surface area (Å²) in [5.41, 5.74) is 0. The molecule has 0 radical (unpaired) electrons. The molecule has 68 valence electrons. The normalized spacial score (nSPS) is 30.5. The molecule has 3 heteroatoms. The Labute approximate surface area is 68.3 Å². The van der Waals surface area contributed by atoms with Gasteiger partial charge in [-0.1, -0.05) is 13.8 Å². The Hall–Kier alpha value is -0.120. The highest BCUT2D eigenvalue weighted by atomic mass is 16.7. The van der Waals surface area contributed by atoms with E-state index < -0.39 is 12.4 Å². The molecule has 0 amide bonds. The molecule has 1 saturated heterocycles. The highest BCUT2D eigenvalue weighted by Gasteiger charge is 2.22. The van der Waals surface area contributed by atoms with Gasteiger partial charge in [0.05, 0.1) is 0 Å². The molecule has 0 aromatic rings. The van der Waals surface area contributed by atoms with Crippen LogP contribution in [-0.2, 0) is 9.47 Å². The Bertz CT molecular complexity index is 85.4. The van der Waals surface area contributed by atoms with Crippen LogP contribution in [0.25, 0.3) is 0 Å². The van der Waals surface area contributed by atoms with Crippen molar-refractivity contribution < 1.29 is 14.6 Å². The van der Waals surface area contributed by atoms with Gasteiger partial charge in [-0.2, -0.15) is 0 Å². The zero-order chi connectivity index (χ0) is 8.69. The van der Waals surface area contributed by atoms with Gasteiger partial charge in [0, 0.05) is 13.7 Å². The quantitative estimate of drug-likeness (QED) is 0.628. The summed E-state index contributed by atoms with van der Waals surface area (Å²) in [4.78, 5) is 0. The third-order valence-corrected chi connectivity index (χ3v) is 1.47. The van der Waals surface area contributed by atoms with Gasteiger partial charge in [-0.05, 0) is 12.8 Å². The summed E-state index contributed by atoms with van der Waals surface area (Å²) in [6.07, 6.45) is 0.905. The Morgan fingerprint density at radius 2 is 2.09 bits per heavy atom. The number of aliphatic hydroxyl groups excluding tert-OH is 1. The first-order valence-corrected chi connectivity index (χ1v) is 4.17. The molecule has 0 saturated carbocycles. The number of rotatable bonds is 1. The lowest BCUT2D eigenvalue weighted by atomic mass is 10.1.